The zero-order valence-electron chi connectivity index (χ0n) is 13.3. The summed E-state index contributed by atoms with van der Waals surface area (Å²) in [6.45, 7) is 2.08. The summed E-state index contributed by atoms with van der Waals surface area (Å²) in [7, 11) is 3.21. The fourth-order valence-corrected chi connectivity index (χ4v) is 3.34. The van der Waals surface area contributed by atoms with Gasteiger partial charge in [0.2, 0.25) is 0 Å². The van der Waals surface area contributed by atoms with Gasteiger partial charge in [-0.2, -0.15) is 0 Å². The number of ether oxygens (including phenoxy) is 2. The van der Waals surface area contributed by atoms with Crippen LogP contribution in [0.4, 0.5) is 0 Å². The summed E-state index contributed by atoms with van der Waals surface area (Å²) in [5, 5.41) is 2.66. The van der Waals surface area contributed by atoms with Gasteiger partial charge in [0.1, 0.15) is 4.32 Å². The van der Waals surface area contributed by atoms with Crippen LogP contribution in [0.25, 0.3) is 6.08 Å². The Hall–Kier alpha value is -1.79. The molecule has 1 fully saturated rings. The lowest BCUT2D eigenvalue weighted by Crippen LogP contribution is -2.18. The first-order valence-electron chi connectivity index (χ1n) is 7.25. The fraction of sp³-hybridized carbons (Fsp3) is 0.294. The molecule has 4 nitrogen and oxygen atoms in total. The summed E-state index contributed by atoms with van der Waals surface area (Å²) in [6.07, 6.45) is 5.72. The number of amides is 1. The largest absolute Gasteiger partial charge is 0.493 e. The Balaban J connectivity index is 2.30. The third-order valence-electron chi connectivity index (χ3n) is 3.31. The third kappa shape index (κ3) is 4.36. The summed E-state index contributed by atoms with van der Waals surface area (Å²) in [5.41, 5.74) is 1.97. The van der Waals surface area contributed by atoms with Crippen molar-refractivity contribution in [1.82, 2.24) is 5.32 Å². The molecule has 1 heterocycles. The SMILES string of the molecule is CCCC(/C=C/c1ccc(OC)c(OC)c1)=C1SC(=S)NC1=O. The molecule has 0 bridgehead atoms. The van der Waals surface area contributed by atoms with E-state index in [9.17, 15) is 4.79 Å². The maximum atomic E-state index is 11.9. The van der Waals surface area contributed by atoms with Crippen LogP contribution >= 0.6 is 24.0 Å². The van der Waals surface area contributed by atoms with Gasteiger partial charge in [0.25, 0.3) is 5.91 Å². The molecule has 1 aromatic carbocycles. The molecular weight excluding hydrogens is 330 g/mol. The number of carbonyl (C=O) groups is 1. The Morgan fingerprint density at radius 3 is 2.61 bits per heavy atom. The van der Waals surface area contributed by atoms with Crippen LogP contribution in [0, 0.1) is 0 Å². The first kappa shape index (κ1) is 17.6. The van der Waals surface area contributed by atoms with E-state index in [1.807, 2.05) is 30.4 Å². The van der Waals surface area contributed by atoms with Gasteiger partial charge < -0.3 is 14.8 Å². The highest BCUT2D eigenvalue weighted by Crippen LogP contribution is 2.31. The van der Waals surface area contributed by atoms with Crippen LogP contribution in [0.2, 0.25) is 0 Å². The van der Waals surface area contributed by atoms with Gasteiger partial charge in [-0.1, -0.05) is 55.5 Å². The monoisotopic (exact) mass is 349 g/mol. The van der Waals surface area contributed by atoms with E-state index in [4.69, 9.17) is 21.7 Å². The molecule has 1 aliphatic rings. The van der Waals surface area contributed by atoms with Crippen LogP contribution in [0.15, 0.2) is 34.8 Å². The van der Waals surface area contributed by atoms with Gasteiger partial charge in [0.15, 0.2) is 11.5 Å². The molecule has 1 aliphatic heterocycles. The normalized spacial score (nSPS) is 16.7. The van der Waals surface area contributed by atoms with E-state index in [1.165, 1.54) is 11.8 Å². The van der Waals surface area contributed by atoms with E-state index in [0.29, 0.717) is 20.7 Å². The number of allylic oxidation sites excluding steroid dienone is 2. The van der Waals surface area contributed by atoms with Gasteiger partial charge in [0, 0.05) is 0 Å². The standard InChI is InChI=1S/C17H19NO3S2/c1-4-5-12(15-16(19)18-17(22)23-15)8-6-11-7-9-13(20-2)14(10-11)21-3/h6-10H,4-5H2,1-3H3,(H,18,19,22)/b8-6+,15-12?. The number of thioether (sulfide) groups is 1. The van der Waals surface area contributed by atoms with Crippen LogP contribution in [0.3, 0.4) is 0 Å². The molecule has 2 rings (SSSR count). The second-order valence-electron chi connectivity index (χ2n) is 4.90. The topological polar surface area (TPSA) is 47.6 Å². The van der Waals surface area contributed by atoms with Gasteiger partial charge >= 0.3 is 0 Å². The molecule has 1 amide bonds. The third-order valence-corrected chi connectivity index (χ3v) is 4.60. The number of benzene rings is 1. The summed E-state index contributed by atoms with van der Waals surface area (Å²) >= 11 is 6.38. The van der Waals surface area contributed by atoms with Crippen molar-refractivity contribution >= 4 is 40.3 Å². The van der Waals surface area contributed by atoms with Crippen LogP contribution in [0.1, 0.15) is 25.3 Å². The highest BCUT2D eigenvalue weighted by atomic mass is 32.2. The van der Waals surface area contributed by atoms with Crippen molar-refractivity contribution in [3.05, 3.63) is 40.3 Å². The molecule has 0 saturated carbocycles. The molecule has 122 valence electrons. The lowest BCUT2D eigenvalue weighted by molar-refractivity contribution is -0.115. The molecule has 0 aliphatic carbocycles. The van der Waals surface area contributed by atoms with Crippen molar-refractivity contribution in [3.8, 4) is 11.5 Å². The van der Waals surface area contributed by atoms with E-state index in [-0.39, 0.29) is 5.91 Å². The Kier molecular flexibility index (Phi) is 6.24. The number of hydrogen-bond donors (Lipinski definition) is 1. The quantitative estimate of drug-likeness (QED) is 0.623. The van der Waals surface area contributed by atoms with E-state index in [2.05, 4.69) is 12.2 Å². The zero-order valence-corrected chi connectivity index (χ0v) is 15.0. The van der Waals surface area contributed by atoms with Gasteiger partial charge in [-0.05, 0) is 29.7 Å². The first-order chi connectivity index (χ1) is 11.1. The minimum Gasteiger partial charge on any atom is -0.493 e. The average molecular weight is 349 g/mol. The van der Waals surface area contributed by atoms with Crippen LogP contribution < -0.4 is 14.8 Å². The summed E-state index contributed by atoms with van der Waals surface area (Å²) in [4.78, 5) is 12.6. The summed E-state index contributed by atoms with van der Waals surface area (Å²) in [5.74, 6) is 1.25. The molecule has 0 spiro atoms. The molecule has 1 N–H and O–H groups in total. The number of nitrogens with one attached hydrogen (secondary N) is 1. The molecule has 1 saturated heterocycles. The maximum Gasteiger partial charge on any atom is 0.263 e. The van der Waals surface area contributed by atoms with Crippen LogP contribution in [0.5, 0.6) is 11.5 Å². The number of thiocarbonyl (C=S) groups is 1. The predicted molar refractivity (Wildman–Crippen MR) is 98.8 cm³/mol. The molecular formula is C17H19NO3S2. The summed E-state index contributed by atoms with van der Waals surface area (Å²) < 4.78 is 11.1. The molecule has 23 heavy (non-hydrogen) atoms. The minimum atomic E-state index is -0.111. The Morgan fingerprint density at radius 1 is 1.30 bits per heavy atom. The first-order valence-corrected chi connectivity index (χ1v) is 8.48. The van der Waals surface area contributed by atoms with Crippen molar-refractivity contribution in [2.45, 2.75) is 19.8 Å². The number of carbonyl (C=O) groups excluding carboxylic acids is 1. The maximum absolute atomic E-state index is 11.9. The zero-order chi connectivity index (χ0) is 16.8. The molecule has 0 atom stereocenters. The number of methoxy groups -OCH3 is 2. The van der Waals surface area contributed by atoms with E-state index in [1.54, 1.807) is 14.2 Å². The summed E-state index contributed by atoms with van der Waals surface area (Å²) in [6, 6.07) is 5.70. The Labute approximate surface area is 145 Å². The van der Waals surface area contributed by atoms with Crippen molar-refractivity contribution in [3.63, 3.8) is 0 Å². The van der Waals surface area contributed by atoms with E-state index < -0.39 is 0 Å². The number of hydrogen-bond acceptors (Lipinski definition) is 5. The predicted octanol–water partition coefficient (Wildman–Crippen LogP) is 3.92. The van der Waals surface area contributed by atoms with Gasteiger partial charge in [0.05, 0.1) is 19.1 Å². The molecule has 6 heteroatoms. The van der Waals surface area contributed by atoms with Gasteiger partial charge in [-0.3, -0.25) is 4.79 Å². The smallest absolute Gasteiger partial charge is 0.263 e. The minimum absolute atomic E-state index is 0.111. The van der Waals surface area contributed by atoms with Gasteiger partial charge in [-0.25, -0.2) is 0 Å². The van der Waals surface area contributed by atoms with Crippen molar-refractivity contribution in [2.24, 2.45) is 0 Å². The molecule has 1 aromatic rings. The molecule has 0 radical (unpaired) electrons. The fourth-order valence-electron chi connectivity index (χ4n) is 2.22. The van der Waals surface area contributed by atoms with Gasteiger partial charge in [-0.15, -0.1) is 0 Å². The Morgan fingerprint density at radius 2 is 2.04 bits per heavy atom. The second kappa shape index (κ2) is 8.17. The van der Waals surface area contributed by atoms with Crippen molar-refractivity contribution in [1.29, 1.82) is 0 Å². The van der Waals surface area contributed by atoms with Crippen LogP contribution in [-0.2, 0) is 4.79 Å². The Bertz CT molecular complexity index is 680. The van der Waals surface area contributed by atoms with E-state index in [0.717, 1.165) is 24.0 Å². The average Bonchev–Trinajstić information content (AvgIpc) is 2.89. The number of rotatable bonds is 6. The lowest BCUT2D eigenvalue weighted by atomic mass is 10.1. The van der Waals surface area contributed by atoms with Crippen LogP contribution in [-0.4, -0.2) is 24.4 Å². The highest BCUT2D eigenvalue weighted by Gasteiger charge is 2.24. The van der Waals surface area contributed by atoms with Crippen molar-refractivity contribution < 1.29 is 14.3 Å². The van der Waals surface area contributed by atoms with Crippen molar-refractivity contribution in [2.75, 3.05) is 14.2 Å². The molecule has 0 unspecified atom stereocenters. The second-order valence-corrected chi connectivity index (χ2v) is 6.58. The lowest BCUT2D eigenvalue weighted by Gasteiger charge is -2.08. The highest BCUT2D eigenvalue weighted by molar-refractivity contribution is 8.26. The molecule has 0 aromatic heterocycles. The van der Waals surface area contributed by atoms with E-state index >= 15 is 0 Å².